The summed E-state index contributed by atoms with van der Waals surface area (Å²) in [5.41, 5.74) is 3.91. The normalized spacial score (nSPS) is 13.5. The number of aliphatic hydroxyl groups excluding tert-OH is 1. The van der Waals surface area contributed by atoms with E-state index in [0.717, 1.165) is 6.07 Å². The molecule has 1 atom stereocenters. The molecule has 0 saturated heterocycles. The standard InChI is InChI=1S/C11H9F4N3O2/c12-7-2-1-5(3-6(7)11(13,14)15)10-17-9(18-20-10)8(16)4-19/h1-3,8,19H,4,16H2. The molecular weight excluding hydrogens is 282 g/mol. The SMILES string of the molecule is NC(CO)c1noc(-c2ccc(F)c(C(F)(F)F)c2)n1. The van der Waals surface area contributed by atoms with Gasteiger partial charge in [0.2, 0.25) is 0 Å². The second-order valence-corrected chi connectivity index (χ2v) is 3.94. The number of hydrogen-bond acceptors (Lipinski definition) is 5. The highest BCUT2D eigenvalue weighted by Gasteiger charge is 2.34. The van der Waals surface area contributed by atoms with Crippen LogP contribution in [0.4, 0.5) is 17.6 Å². The maximum Gasteiger partial charge on any atom is 0.419 e. The van der Waals surface area contributed by atoms with Gasteiger partial charge in [-0.2, -0.15) is 18.2 Å². The Balaban J connectivity index is 2.41. The third-order valence-corrected chi connectivity index (χ3v) is 2.49. The van der Waals surface area contributed by atoms with Crippen molar-refractivity contribution >= 4 is 0 Å². The molecule has 1 heterocycles. The van der Waals surface area contributed by atoms with Crippen LogP contribution in [0.5, 0.6) is 0 Å². The molecule has 0 aliphatic rings. The van der Waals surface area contributed by atoms with E-state index in [-0.39, 0.29) is 17.3 Å². The second-order valence-electron chi connectivity index (χ2n) is 3.94. The quantitative estimate of drug-likeness (QED) is 0.843. The number of hydrogen-bond donors (Lipinski definition) is 2. The summed E-state index contributed by atoms with van der Waals surface area (Å²) < 4.78 is 55.6. The number of nitrogens with zero attached hydrogens (tertiary/aromatic N) is 2. The van der Waals surface area contributed by atoms with Crippen LogP contribution in [0, 0.1) is 5.82 Å². The lowest BCUT2D eigenvalue weighted by Crippen LogP contribution is -2.15. The lowest BCUT2D eigenvalue weighted by atomic mass is 10.1. The molecule has 20 heavy (non-hydrogen) atoms. The predicted molar refractivity (Wildman–Crippen MR) is 58.7 cm³/mol. The summed E-state index contributed by atoms with van der Waals surface area (Å²) in [5.74, 6) is -1.69. The number of benzene rings is 1. The van der Waals surface area contributed by atoms with Gasteiger partial charge < -0.3 is 15.4 Å². The summed E-state index contributed by atoms with van der Waals surface area (Å²) in [6, 6.07) is 1.40. The van der Waals surface area contributed by atoms with Crippen molar-refractivity contribution in [2.45, 2.75) is 12.2 Å². The van der Waals surface area contributed by atoms with Gasteiger partial charge in [-0.25, -0.2) is 4.39 Å². The molecule has 0 aliphatic carbocycles. The Hall–Kier alpha value is -2.00. The number of aromatic nitrogens is 2. The monoisotopic (exact) mass is 291 g/mol. The van der Waals surface area contributed by atoms with Crippen molar-refractivity contribution in [3.8, 4) is 11.5 Å². The molecule has 9 heteroatoms. The van der Waals surface area contributed by atoms with Crippen molar-refractivity contribution in [1.29, 1.82) is 0 Å². The Bertz CT molecular complexity index is 612. The number of halogens is 4. The van der Waals surface area contributed by atoms with Gasteiger partial charge in [0.25, 0.3) is 5.89 Å². The van der Waals surface area contributed by atoms with E-state index in [2.05, 4.69) is 10.1 Å². The first-order chi connectivity index (χ1) is 9.32. The zero-order chi connectivity index (χ0) is 14.9. The Morgan fingerprint density at radius 2 is 2.05 bits per heavy atom. The summed E-state index contributed by atoms with van der Waals surface area (Å²) in [4.78, 5) is 3.75. The van der Waals surface area contributed by atoms with Gasteiger partial charge in [-0.3, -0.25) is 0 Å². The fourth-order valence-corrected chi connectivity index (χ4v) is 1.46. The van der Waals surface area contributed by atoms with Crippen molar-refractivity contribution in [3.63, 3.8) is 0 Å². The average Bonchev–Trinajstić information content (AvgIpc) is 2.86. The Kier molecular flexibility index (Phi) is 3.73. The molecule has 0 amide bonds. The molecule has 0 spiro atoms. The van der Waals surface area contributed by atoms with Crippen molar-refractivity contribution in [2.75, 3.05) is 6.61 Å². The van der Waals surface area contributed by atoms with Gasteiger partial charge in [-0.15, -0.1) is 0 Å². The molecule has 0 radical (unpaired) electrons. The lowest BCUT2D eigenvalue weighted by Gasteiger charge is -2.08. The first-order valence-corrected chi connectivity index (χ1v) is 5.40. The largest absolute Gasteiger partial charge is 0.419 e. The zero-order valence-electron chi connectivity index (χ0n) is 9.86. The van der Waals surface area contributed by atoms with Crippen LogP contribution in [0.2, 0.25) is 0 Å². The van der Waals surface area contributed by atoms with E-state index in [1.54, 1.807) is 0 Å². The van der Waals surface area contributed by atoms with Gasteiger partial charge in [0, 0.05) is 5.56 Å². The van der Waals surface area contributed by atoms with E-state index >= 15 is 0 Å². The molecule has 1 aromatic heterocycles. The highest BCUT2D eigenvalue weighted by atomic mass is 19.4. The predicted octanol–water partition coefficient (Wildman–Crippen LogP) is 1.89. The van der Waals surface area contributed by atoms with E-state index in [9.17, 15) is 17.6 Å². The minimum atomic E-state index is -4.83. The van der Waals surface area contributed by atoms with Crippen LogP contribution >= 0.6 is 0 Å². The van der Waals surface area contributed by atoms with E-state index < -0.39 is 30.2 Å². The highest BCUT2D eigenvalue weighted by molar-refractivity contribution is 5.54. The topological polar surface area (TPSA) is 85.2 Å². The number of nitrogens with two attached hydrogens (primary N) is 1. The van der Waals surface area contributed by atoms with Crippen LogP contribution in [-0.2, 0) is 6.18 Å². The minimum absolute atomic E-state index is 0.0552. The van der Waals surface area contributed by atoms with Crippen molar-refractivity contribution in [2.24, 2.45) is 5.73 Å². The van der Waals surface area contributed by atoms with Crippen LogP contribution < -0.4 is 5.73 Å². The lowest BCUT2D eigenvalue weighted by molar-refractivity contribution is -0.139. The Morgan fingerprint density at radius 3 is 2.65 bits per heavy atom. The minimum Gasteiger partial charge on any atom is -0.394 e. The van der Waals surface area contributed by atoms with E-state index in [1.807, 2.05) is 0 Å². The zero-order valence-corrected chi connectivity index (χ0v) is 9.86. The second kappa shape index (κ2) is 5.17. The van der Waals surface area contributed by atoms with E-state index in [4.69, 9.17) is 15.4 Å². The van der Waals surface area contributed by atoms with Crippen LogP contribution in [0.1, 0.15) is 17.4 Å². The van der Waals surface area contributed by atoms with Crippen LogP contribution in [0.25, 0.3) is 11.5 Å². The van der Waals surface area contributed by atoms with E-state index in [0.29, 0.717) is 12.1 Å². The van der Waals surface area contributed by atoms with Crippen LogP contribution in [0.15, 0.2) is 22.7 Å². The summed E-state index contributed by atoms with van der Waals surface area (Å²) in [6.45, 7) is -0.448. The molecule has 1 unspecified atom stereocenters. The highest BCUT2D eigenvalue weighted by Crippen LogP contribution is 2.34. The number of aliphatic hydroxyl groups is 1. The van der Waals surface area contributed by atoms with Crippen molar-refractivity contribution in [1.82, 2.24) is 10.1 Å². The fourth-order valence-electron chi connectivity index (χ4n) is 1.46. The molecule has 0 aliphatic heterocycles. The third-order valence-electron chi connectivity index (χ3n) is 2.49. The summed E-state index contributed by atoms with van der Waals surface area (Å²) in [7, 11) is 0. The number of rotatable bonds is 3. The van der Waals surface area contributed by atoms with Crippen molar-refractivity contribution in [3.05, 3.63) is 35.4 Å². The van der Waals surface area contributed by atoms with Gasteiger partial charge in [-0.05, 0) is 18.2 Å². The summed E-state index contributed by atoms with van der Waals surface area (Å²) >= 11 is 0. The van der Waals surface area contributed by atoms with E-state index in [1.165, 1.54) is 0 Å². The molecule has 0 bridgehead atoms. The van der Waals surface area contributed by atoms with Gasteiger partial charge in [-0.1, -0.05) is 5.16 Å². The molecule has 1 aromatic carbocycles. The van der Waals surface area contributed by atoms with Gasteiger partial charge in [0.05, 0.1) is 18.2 Å². The maximum absolute atomic E-state index is 13.1. The van der Waals surface area contributed by atoms with Gasteiger partial charge in [0.1, 0.15) is 5.82 Å². The maximum atomic E-state index is 13.1. The molecule has 5 nitrogen and oxygen atoms in total. The summed E-state index contributed by atoms with van der Waals surface area (Å²) in [5, 5.41) is 12.2. The van der Waals surface area contributed by atoms with Gasteiger partial charge in [0.15, 0.2) is 5.82 Å². The first-order valence-electron chi connectivity index (χ1n) is 5.40. The van der Waals surface area contributed by atoms with Gasteiger partial charge >= 0.3 is 6.18 Å². The van der Waals surface area contributed by atoms with Crippen LogP contribution in [0.3, 0.4) is 0 Å². The third kappa shape index (κ3) is 2.78. The molecule has 0 saturated carbocycles. The van der Waals surface area contributed by atoms with Crippen LogP contribution in [-0.4, -0.2) is 21.9 Å². The molecule has 0 fully saturated rings. The molecule has 2 rings (SSSR count). The molecule has 2 aromatic rings. The Labute approximate surface area is 110 Å². The number of alkyl halides is 3. The smallest absolute Gasteiger partial charge is 0.394 e. The average molecular weight is 291 g/mol. The Morgan fingerprint density at radius 1 is 1.35 bits per heavy atom. The van der Waals surface area contributed by atoms with Crippen molar-refractivity contribution < 1.29 is 27.2 Å². The molecule has 108 valence electrons. The molecular formula is C11H9F4N3O2. The molecule has 3 N–H and O–H groups in total. The summed E-state index contributed by atoms with van der Waals surface area (Å²) in [6.07, 6.45) is -4.83. The fraction of sp³-hybridized carbons (Fsp3) is 0.273. The first kappa shape index (κ1) is 14.4.